The summed E-state index contributed by atoms with van der Waals surface area (Å²) in [7, 11) is 3.19. The molecule has 1 aromatic heterocycles. The van der Waals surface area contributed by atoms with Crippen molar-refractivity contribution in [2.24, 2.45) is 12.8 Å². The summed E-state index contributed by atoms with van der Waals surface area (Å²) in [6.45, 7) is 0.467. The monoisotopic (exact) mass is 289 g/mol. The molecule has 1 heterocycles. The van der Waals surface area contributed by atoms with Gasteiger partial charge in [-0.15, -0.1) is 0 Å². The fourth-order valence-corrected chi connectivity index (χ4v) is 1.92. The fraction of sp³-hybridized carbons (Fsp3) is 0.333. The number of nitrogens with zero attached hydrogens (tertiary/aromatic N) is 2. The summed E-state index contributed by atoms with van der Waals surface area (Å²) in [6.07, 6.45) is 4.11. The number of hydrogen-bond donors (Lipinski definition) is 1. The van der Waals surface area contributed by atoms with E-state index < -0.39 is 12.0 Å². The molecule has 21 heavy (non-hydrogen) atoms. The number of benzene rings is 1. The number of esters is 1. The molecule has 1 atom stereocenters. The Morgan fingerprint density at radius 1 is 1.33 bits per heavy atom. The molecule has 0 saturated carbocycles. The quantitative estimate of drug-likeness (QED) is 0.804. The van der Waals surface area contributed by atoms with Gasteiger partial charge in [-0.05, 0) is 24.1 Å². The van der Waals surface area contributed by atoms with E-state index in [4.69, 9.17) is 10.5 Å². The summed E-state index contributed by atoms with van der Waals surface area (Å²) in [5, 5.41) is 4.08. The highest BCUT2D eigenvalue weighted by atomic mass is 16.5. The van der Waals surface area contributed by atoms with Gasteiger partial charge in [-0.3, -0.25) is 9.48 Å². The van der Waals surface area contributed by atoms with Crippen molar-refractivity contribution in [2.45, 2.75) is 19.1 Å². The third-order valence-electron chi connectivity index (χ3n) is 3.05. The van der Waals surface area contributed by atoms with Crippen molar-refractivity contribution in [3.05, 3.63) is 47.8 Å². The lowest BCUT2D eigenvalue weighted by atomic mass is 10.1. The molecule has 2 N–H and O–H groups in total. The van der Waals surface area contributed by atoms with Crippen molar-refractivity contribution in [3.63, 3.8) is 0 Å². The van der Waals surface area contributed by atoms with Crippen LogP contribution in [0, 0.1) is 0 Å². The van der Waals surface area contributed by atoms with E-state index in [1.165, 1.54) is 7.11 Å². The topological polar surface area (TPSA) is 79.4 Å². The Morgan fingerprint density at radius 2 is 2.05 bits per heavy atom. The maximum absolute atomic E-state index is 11.3. The first kappa shape index (κ1) is 15.1. The average Bonchev–Trinajstić information content (AvgIpc) is 2.91. The van der Waals surface area contributed by atoms with Gasteiger partial charge in [0.2, 0.25) is 0 Å². The Bertz CT molecular complexity index is 592. The number of aryl methyl sites for hydroxylation is 1. The highest BCUT2D eigenvalue weighted by Crippen LogP contribution is 2.15. The SMILES string of the molecule is COC(=O)C(N)Cc1ccc(OCc2cnn(C)c2)cc1. The zero-order valence-electron chi connectivity index (χ0n) is 12.2. The molecule has 0 radical (unpaired) electrons. The van der Waals surface area contributed by atoms with Crippen LogP contribution in [0.5, 0.6) is 5.75 Å². The molecule has 112 valence electrons. The van der Waals surface area contributed by atoms with E-state index in [9.17, 15) is 4.79 Å². The lowest BCUT2D eigenvalue weighted by Crippen LogP contribution is -2.33. The van der Waals surface area contributed by atoms with Crippen molar-refractivity contribution >= 4 is 5.97 Å². The Balaban J connectivity index is 1.88. The normalized spacial score (nSPS) is 12.0. The summed E-state index contributed by atoms with van der Waals surface area (Å²) in [5.74, 6) is 0.348. The molecule has 2 rings (SSSR count). The van der Waals surface area contributed by atoms with Crippen molar-refractivity contribution in [3.8, 4) is 5.75 Å². The number of carbonyl (C=O) groups is 1. The minimum Gasteiger partial charge on any atom is -0.489 e. The number of nitrogens with two attached hydrogens (primary N) is 1. The van der Waals surface area contributed by atoms with Gasteiger partial charge >= 0.3 is 5.97 Å². The number of hydrogen-bond acceptors (Lipinski definition) is 5. The van der Waals surface area contributed by atoms with Crippen molar-refractivity contribution in [2.75, 3.05) is 7.11 Å². The number of rotatable bonds is 6. The number of ether oxygens (including phenoxy) is 2. The summed E-state index contributed by atoms with van der Waals surface area (Å²) in [4.78, 5) is 11.3. The van der Waals surface area contributed by atoms with Crippen LogP contribution in [-0.2, 0) is 29.6 Å². The van der Waals surface area contributed by atoms with Crippen LogP contribution in [0.25, 0.3) is 0 Å². The van der Waals surface area contributed by atoms with Crippen LogP contribution in [0.4, 0.5) is 0 Å². The predicted molar refractivity (Wildman–Crippen MR) is 77.7 cm³/mol. The summed E-state index contributed by atoms with van der Waals surface area (Å²) < 4.78 is 12.0. The largest absolute Gasteiger partial charge is 0.489 e. The lowest BCUT2D eigenvalue weighted by molar-refractivity contribution is -0.142. The minimum atomic E-state index is -0.642. The summed E-state index contributed by atoms with van der Waals surface area (Å²) >= 11 is 0. The van der Waals surface area contributed by atoms with Crippen LogP contribution in [-0.4, -0.2) is 28.9 Å². The average molecular weight is 289 g/mol. The Hall–Kier alpha value is -2.34. The molecule has 1 unspecified atom stereocenters. The van der Waals surface area contributed by atoms with E-state index in [2.05, 4.69) is 9.84 Å². The zero-order chi connectivity index (χ0) is 15.2. The molecule has 2 aromatic rings. The van der Waals surface area contributed by atoms with Crippen LogP contribution in [0.2, 0.25) is 0 Å². The number of aromatic nitrogens is 2. The Kier molecular flexibility index (Phi) is 4.94. The van der Waals surface area contributed by atoms with E-state index in [0.717, 1.165) is 16.9 Å². The van der Waals surface area contributed by atoms with Crippen molar-refractivity contribution in [1.82, 2.24) is 9.78 Å². The molecule has 6 heteroatoms. The van der Waals surface area contributed by atoms with Crippen LogP contribution in [0.3, 0.4) is 0 Å². The molecule has 0 bridgehead atoms. The second-order valence-corrected chi connectivity index (χ2v) is 4.79. The van der Waals surface area contributed by atoms with Gasteiger partial charge in [-0.1, -0.05) is 12.1 Å². The van der Waals surface area contributed by atoms with E-state index in [1.54, 1.807) is 10.9 Å². The Morgan fingerprint density at radius 3 is 2.62 bits per heavy atom. The second kappa shape index (κ2) is 6.90. The van der Waals surface area contributed by atoms with Gasteiger partial charge in [-0.25, -0.2) is 0 Å². The van der Waals surface area contributed by atoms with E-state index >= 15 is 0 Å². The summed E-state index contributed by atoms with van der Waals surface area (Å²) in [6, 6.07) is 6.85. The molecule has 0 spiro atoms. The maximum atomic E-state index is 11.3. The fourth-order valence-electron chi connectivity index (χ4n) is 1.92. The minimum absolute atomic E-state index is 0.410. The van der Waals surface area contributed by atoms with E-state index in [-0.39, 0.29) is 0 Å². The van der Waals surface area contributed by atoms with E-state index in [1.807, 2.05) is 37.5 Å². The molecular weight excluding hydrogens is 270 g/mol. The molecule has 0 aliphatic carbocycles. The molecule has 0 fully saturated rings. The lowest BCUT2D eigenvalue weighted by Gasteiger charge is -2.10. The molecule has 1 aromatic carbocycles. The second-order valence-electron chi connectivity index (χ2n) is 4.79. The van der Waals surface area contributed by atoms with Gasteiger partial charge in [-0.2, -0.15) is 5.10 Å². The maximum Gasteiger partial charge on any atom is 0.322 e. The molecule has 0 aliphatic rings. The highest BCUT2D eigenvalue weighted by molar-refractivity contribution is 5.75. The van der Waals surface area contributed by atoms with Gasteiger partial charge in [0.1, 0.15) is 18.4 Å². The number of methoxy groups -OCH3 is 1. The van der Waals surface area contributed by atoms with Crippen molar-refractivity contribution in [1.29, 1.82) is 0 Å². The van der Waals surface area contributed by atoms with Crippen LogP contribution in [0.15, 0.2) is 36.7 Å². The van der Waals surface area contributed by atoms with Gasteiger partial charge in [0.05, 0.1) is 13.3 Å². The molecular formula is C15H19N3O3. The molecule has 0 amide bonds. The van der Waals surface area contributed by atoms with Crippen LogP contribution >= 0.6 is 0 Å². The van der Waals surface area contributed by atoms with Crippen LogP contribution in [0.1, 0.15) is 11.1 Å². The first-order valence-electron chi connectivity index (χ1n) is 6.61. The molecule has 0 aliphatic heterocycles. The van der Waals surface area contributed by atoms with Crippen LogP contribution < -0.4 is 10.5 Å². The first-order valence-corrected chi connectivity index (χ1v) is 6.61. The molecule has 6 nitrogen and oxygen atoms in total. The third-order valence-corrected chi connectivity index (χ3v) is 3.05. The van der Waals surface area contributed by atoms with Crippen molar-refractivity contribution < 1.29 is 14.3 Å². The summed E-state index contributed by atoms with van der Waals surface area (Å²) in [5.41, 5.74) is 7.69. The standard InChI is InChI=1S/C15H19N3O3/c1-18-9-12(8-17-18)10-21-13-5-3-11(4-6-13)7-14(16)15(19)20-2/h3-6,8-9,14H,7,10,16H2,1-2H3. The van der Waals surface area contributed by atoms with Gasteiger partial charge in [0, 0.05) is 18.8 Å². The van der Waals surface area contributed by atoms with Gasteiger partial charge in [0.15, 0.2) is 0 Å². The third kappa shape index (κ3) is 4.32. The first-order chi connectivity index (χ1) is 10.1. The number of carbonyl (C=O) groups excluding carboxylic acids is 1. The zero-order valence-corrected chi connectivity index (χ0v) is 12.2. The van der Waals surface area contributed by atoms with E-state index in [0.29, 0.717) is 13.0 Å². The van der Waals surface area contributed by atoms with Gasteiger partial charge in [0.25, 0.3) is 0 Å². The molecule has 0 saturated heterocycles. The predicted octanol–water partition coefficient (Wildman–Crippen LogP) is 1.04. The smallest absolute Gasteiger partial charge is 0.322 e. The Labute approximate surface area is 123 Å². The van der Waals surface area contributed by atoms with Gasteiger partial charge < -0.3 is 15.2 Å². The highest BCUT2D eigenvalue weighted by Gasteiger charge is 2.14.